The normalized spacial score (nSPS) is 15.0. The molecule has 4 aromatic heterocycles. The van der Waals surface area contributed by atoms with Crippen LogP contribution in [0.15, 0.2) is 162 Å². The van der Waals surface area contributed by atoms with Gasteiger partial charge >= 0.3 is 0 Å². The summed E-state index contributed by atoms with van der Waals surface area (Å²) >= 11 is 0. The first-order chi connectivity index (χ1) is 29.8. The van der Waals surface area contributed by atoms with E-state index < -0.39 is 0 Å². The topological polar surface area (TPSA) is 48.8 Å². The van der Waals surface area contributed by atoms with Gasteiger partial charge in [0.2, 0.25) is 5.95 Å². The Balaban J connectivity index is 1.29. The lowest BCUT2D eigenvalue weighted by Gasteiger charge is -2.42. The Bertz CT molecular complexity index is 3820. The van der Waals surface area contributed by atoms with Crippen molar-refractivity contribution in [1.82, 2.24) is 19.1 Å². The largest absolute Gasteiger partial charge is 0.452 e. The fourth-order valence-electron chi connectivity index (χ4n) is 10.8. The zero-order chi connectivity index (χ0) is 40.8. The Morgan fingerprint density at radius 1 is 0.492 bits per heavy atom. The predicted octanol–water partition coefficient (Wildman–Crippen LogP) is 14.9. The van der Waals surface area contributed by atoms with E-state index in [1.807, 2.05) is 12.1 Å². The molecule has 0 saturated heterocycles. The molecule has 8 aromatic carbocycles. The molecule has 1 aliphatic carbocycles. The first kappa shape index (κ1) is 34.6. The fourth-order valence-corrected chi connectivity index (χ4v) is 10.8. The minimum absolute atomic E-state index is 0.0396. The van der Waals surface area contributed by atoms with Gasteiger partial charge in [0.1, 0.15) is 16.8 Å². The molecular formula is C56H42N4O. The molecule has 5 heteroatoms. The highest BCUT2D eigenvalue weighted by Gasteiger charge is 2.38. The van der Waals surface area contributed by atoms with E-state index in [9.17, 15) is 0 Å². The summed E-state index contributed by atoms with van der Waals surface area (Å²) in [4.78, 5) is 11.2. The minimum Gasteiger partial charge on any atom is -0.452 e. The number of para-hydroxylation sites is 3. The SMILES string of the molecule is CC1(C)CCC(C)(C)c2cc3c(cc21)c1c2ccccc2c2c4ccccc4n(-c4nc(-c5cccc6ccccc56)c5oc6ccccc6c5n4)c2c1n3-c1ccccc1. The fraction of sp³-hybridized carbons (Fsp3) is 0.143. The molecule has 1 aliphatic rings. The maximum atomic E-state index is 6.72. The van der Waals surface area contributed by atoms with Crippen LogP contribution in [-0.4, -0.2) is 19.1 Å². The summed E-state index contributed by atoms with van der Waals surface area (Å²) in [5, 5.41) is 10.6. The molecule has 0 unspecified atom stereocenters. The zero-order valence-corrected chi connectivity index (χ0v) is 34.6. The van der Waals surface area contributed by atoms with Gasteiger partial charge in [-0.25, -0.2) is 9.97 Å². The Morgan fingerprint density at radius 2 is 1.08 bits per heavy atom. The van der Waals surface area contributed by atoms with Gasteiger partial charge in [0.05, 0.1) is 22.1 Å². The molecule has 0 N–H and O–H groups in total. The molecule has 0 fully saturated rings. The number of rotatable bonds is 3. The first-order valence-electron chi connectivity index (χ1n) is 21.5. The van der Waals surface area contributed by atoms with Crippen LogP contribution in [0.2, 0.25) is 0 Å². The van der Waals surface area contributed by atoms with E-state index in [1.165, 1.54) is 43.6 Å². The second kappa shape index (κ2) is 12.2. The highest BCUT2D eigenvalue weighted by molar-refractivity contribution is 6.36. The molecule has 0 atom stereocenters. The molecule has 5 nitrogen and oxygen atoms in total. The molecule has 0 radical (unpaired) electrons. The van der Waals surface area contributed by atoms with Crippen LogP contribution in [0.4, 0.5) is 0 Å². The highest BCUT2D eigenvalue weighted by atomic mass is 16.3. The van der Waals surface area contributed by atoms with Crippen LogP contribution >= 0.6 is 0 Å². The summed E-state index contributed by atoms with van der Waals surface area (Å²) in [7, 11) is 0. The van der Waals surface area contributed by atoms with E-state index in [1.54, 1.807) is 0 Å². The molecule has 0 saturated carbocycles. The molecule has 12 aromatic rings. The van der Waals surface area contributed by atoms with Crippen molar-refractivity contribution in [1.29, 1.82) is 0 Å². The van der Waals surface area contributed by atoms with E-state index in [4.69, 9.17) is 14.4 Å². The summed E-state index contributed by atoms with van der Waals surface area (Å²) < 4.78 is 11.6. The number of benzene rings is 8. The van der Waals surface area contributed by atoms with Crippen LogP contribution in [0, 0.1) is 0 Å². The van der Waals surface area contributed by atoms with Crippen LogP contribution in [0.1, 0.15) is 51.7 Å². The summed E-state index contributed by atoms with van der Waals surface area (Å²) in [5.41, 5.74) is 12.7. The van der Waals surface area contributed by atoms with Crippen molar-refractivity contribution in [2.24, 2.45) is 0 Å². The van der Waals surface area contributed by atoms with Crippen molar-refractivity contribution in [3.05, 3.63) is 169 Å². The number of fused-ring (bicyclic) bond motifs is 15. The van der Waals surface area contributed by atoms with E-state index in [-0.39, 0.29) is 10.8 Å². The summed E-state index contributed by atoms with van der Waals surface area (Å²) in [6.45, 7) is 9.71. The number of nitrogens with zero attached hydrogens (tertiary/aromatic N) is 4. The molecule has 61 heavy (non-hydrogen) atoms. The van der Waals surface area contributed by atoms with Crippen molar-refractivity contribution in [3.8, 4) is 22.9 Å². The van der Waals surface area contributed by atoms with Gasteiger partial charge in [-0.1, -0.05) is 143 Å². The zero-order valence-electron chi connectivity index (χ0n) is 34.6. The lowest BCUT2D eigenvalue weighted by atomic mass is 9.63. The molecule has 0 aliphatic heterocycles. The summed E-state index contributed by atoms with van der Waals surface area (Å²) in [5.74, 6) is 0.608. The van der Waals surface area contributed by atoms with Crippen molar-refractivity contribution in [2.45, 2.75) is 51.4 Å². The van der Waals surface area contributed by atoms with Crippen molar-refractivity contribution in [3.63, 3.8) is 0 Å². The van der Waals surface area contributed by atoms with E-state index in [0.717, 1.165) is 79.0 Å². The van der Waals surface area contributed by atoms with E-state index in [0.29, 0.717) is 11.5 Å². The quantitative estimate of drug-likeness (QED) is 0.179. The molecule has 292 valence electrons. The van der Waals surface area contributed by atoms with Crippen LogP contribution in [0.3, 0.4) is 0 Å². The smallest absolute Gasteiger partial charge is 0.236 e. The highest BCUT2D eigenvalue weighted by Crippen LogP contribution is 2.52. The second-order valence-electron chi connectivity index (χ2n) is 18.4. The molecule has 0 bridgehead atoms. The molecule has 0 amide bonds. The van der Waals surface area contributed by atoms with Gasteiger partial charge in [-0.3, -0.25) is 4.57 Å². The Morgan fingerprint density at radius 3 is 1.85 bits per heavy atom. The number of hydrogen-bond acceptors (Lipinski definition) is 3. The van der Waals surface area contributed by atoms with E-state index >= 15 is 0 Å². The predicted molar refractivity (Wildman–Crippen MR) is 254 cm³/mol. The van der Waals surface area contributed by atoms with Gasteiger partial charge in [0.15, 0.2) is 5.58 Å². The minimum atomic E-state index is 0.0396. The number of hydrogen-bond donors (Lipinski definition) is 0. The monoisotopic (exact) mass is 786 g/mol. The maximum Gasteiger partial charge on any atom is 0.236 e. The first-order valence-corrected chi connectivity index (χ1v) is 21.5. The van der Waals surface area contributed by atoms with Crippen LogP contribution in [0.25, 0.3) is 110 Å². The number of aromatic nitrogens is 4. The van der Waals surface area contributed by atoms with Crippen molar-refractivity contribution >= 4 is 87.2 Å². The molecule has 13 rings (SSSR count). The van der Waals surface area contributed by atoms with Gasteiger partial charge in [-0.05, 0) is 98.8 Å². The van der Waals surface area contributed by atoms with Gasteiger partial charge in [-0.15, -0.1) is 0 Å². The summed E-state index contributed by atoms with van der Waals surface area (Å²) in [6.07, 6.45) is 2.30. The average Bonchev–Trinajstić information content (AvgIpc) is 3.96. The average molecular weight is 787 g/mol. The third-order valence-corrected chi connectivity index (χ3v) is 14.0. The lowest BCUT2D eigenvalue weighted by Crippen LogP contribution is -2.33. The van der Waals surface area contributed by atoms with Gasteiger partial charge in [0.25, 0.3) is 0 Å². The molecule has 0 spiro atoms. The van der Waals surface area contributed by atoms with Crippen molar-refractivity contribution in [2.75, 3.05) is 0 Å². The van der Waals surface area contributed by atoms with Crippen LogP contribution in [0.5, 0.6) is 0 Å². The standard InChI is InChI=1S/C56H42N4O/c1-55(2)29-30-56(3,4)43-32-45-41(31-42(43)55)48-37-23-11-10-22-36(37)47-39-24-12-14-27-44(39)60(52(47)51(48)59(45)34-19-6-5-7-20-34)54-57-49(38-26-16-18-33-17-8-9-21-35(33)38)53-50(58-54)40-25-13-15-28-46(40)61-53/h5-28,31-32H,29-30H2,1-4H3. The van der Waals surface area contributed by atoms with Gasteiger partial charge in [-0.2, -0.15) is 0 Å². The number of furan rings is 1. The van der Waals surface area contributed by atoms with Crippen LogP contribution in [-0.2, 0) is 10.8 Å². The molecular weight excluding hydrogens is 745 g/mol. The van der Waals surface area contributed by atoms with Gasteiger partial charge < -0.3 is 8.98 Å². The Kier molecular flexibility index (Phi) is 6.91. The summed E-state index contributed by atoms with van der Waals surface area (Å²) in [6, 6.07) is 57.0. The van der Waals surface area contributed by atoms with E-state index in [2.05, 4.69) is 182 Å². The van der Waals surface area contributed by atoms with Gasteiger partial charge in [0, 0.05) is 38.2 Å². The third kappa shape index (κ3) is 4.72. The lowest BCUT2D eigenvalue weighted by molar-refractivity contribution is 0.332. The maximum absolute atomic E-state index is 6.72. The Labute approximate surface area is 352 Å². The third-order valence-electron chi connectivity index (χ3n) is 14.0. The Hall–Kier alpha value is -7.24. The molecule has 4 heterocycles. The van der Waals surface area contributed by atoms with Crippen LogP contribution < -0.4 is 0 Å². The van der Waals surface area contributed by atoms with Crippen molar-refractivity contribution < 1.29 is 4.42 Å². The second-order valence-corrected chi connectivity index (χ2v) is 18.4.